The Kier molecular flexibility index (Phi) is 5.19. The second-order valence-corrected chi connectivity index (χ2v) is 5.54. The fourth-order valence-corrected chi connectivity index (χ4v) is 2.62. The van der Waals surface area contributed by atoms with Gasteiger partial charge in [-0.05, 0) is 37.8 Å². The summed E-state index contributed by atoms with van der Waals surface area (Å²) < 4.78 is 4.98. The van der Waals surface area contributed by atoms with Crippen LogP contribution in [-0.2, 0) is 9.59 Å². The lowest BCUT2D eigenvalue weighted by Gasteiger charge is -2.33. The second-order valence-electron chi connectivity index (χ2n) is 5.54. The molecule has 2 amide bonds. The Morgan fingerprint density at radius 3 is 2.64 bits per heavy atom. The molecule has 1 aromatic heterocycles. The van der Waals surface area contributed by atoms with Gasteiger partial charge in [-0.15, -0.1) is 0 Å². The van der Waals surface area contributed by atoms with Gasteiger partial charge in [-0.3, -0.25) is 14.4 Å². The number of amides is 2. The fourth-order valence-electron chi connectivity index (χ4n) is 2.62. The number of carbonyl (C=O) groups excluding carboxylic acids is 2. The molecule has 2 heterocycles. The zero-order chi connectivity index (χ0) is 16.1. The van der Waals surface area contributed by atoms with E-state index in [2.05, 4.69) is 5.32 Å². The molecule has 1 aliphatic heterocycles. The van der Waals surface area contributed by atoms with Gasteiger partial charge in [0.25, 0.3) is 5.91 Å². The molecule has 0 aliphatic carbocycles. The molecular formula is C15H20N2O5. The van der Waals surface area contributed by atoms with E-state index >= 15 is 0 Å². The van der Waals surface area contributed by atoms with Gasteiger partial charge in [-0.25, -0.2) is 0 Å². The molecular weight excluding hydrogens is 288 g/mol. The minimum atomic E-state index is -0.802. The number of furan rings is 1. The average molecular weight is 308 g/mol. The fraction of sp³-hybridized carbons (Fsp3) is 0.533. The molecule has 7 heteroatoms. The van der Waals surface area contributed by atoms with Crippen molar-refractivity contribution in [1.82, 2.24) is 10.2 Å². The van der Waals surface area contributed by atoms with Gasteiger partial charge in [-0.2, -0.15) is 0 Å². The van der Waals surface area contributed by atoms with Crippen LogP contribution >= 0.6 is 0 Å². The van der Waals surface area contributed by atoms with Gasteiger partial charge >= 0.3 is 5.97 Å². The van der Waals surface area contributed by atoms with Crippen LogP contribution in [0.1, 0.15) is 36.7 Å². The molecule has 120 valence electrons. The molecule has 1 saturated heterocycles. The highest BCUT2D eigenvalue weighted by Gasteiger charge is 2.28. The van der Waals surface area contributed by atoms with Gasteiger partial charge in [0.2, 0.25) is 5.91 Å². The monoisotopic (exact) mass is 308 g/mol. The van der Waals surface area contributed by atoms with Crippen molar-refractivity contribution >= 4 is 17.8 Å². The summed E-state index contributed by atoms with van der Waals surface area (Å²) in [5, 5.41) is 11.4. The molecule has 2 rings (SSSR count). The van der Waals surface area contributed by atoms with Crippen molar-refractivity contribution in [2.24, 2.45) is 5.92 Å². The summed E-state index contributed by atoms with van der Waals surface area (Å²) in [4.78, 5) is 36.5. The van der Waals surface area contributed by atoms with E-state index in [9.17, 15) is 14.4 Å². The number of piperidine rings is 1. The molecule has 7 nitrogen and oxygen atoms in total. The van der Waals surface area contributed by atoms with Crippen LogP contribution in [0.25, 0.3) is 0 Å². The van der Waals surface area contributed by atoms with Gasteiger partial charge < -0.3 is 19.7 Å². The van der Waals surface area contributed by atoms with Crippen molar-refractivity contribution in [3.05, 3.63) is 24.2 Å². The van der Waals surface area contributed by atoms with Crippen LogP contribution in [0.4, 0.5) is 0 Å². The molecule has 0 saturated carbocycles. The summed E-state index contributed by atoms with van der Waals surface area (Å²) in [6, 6.07) is 2.49. The molecule has 0 spiro atoms. The van der Waals surface area contributed by atoms with Crippen molar-refractivity contribution in [2.45, 2.75) is 32.2 Å². The van der Waals surface area contributed by atoms with Gasteiger partial charge in [0.15, 0.2) is 5.76 Å². The number of carboxylic acid groups (broad SMARTS) is 1. The first kappa shape index (κ1) is 16.1. The van der Waals surface area contributed by atoms with Crippen LogP contribution in [-0.4, -0.2) is 46.9 Å². The van der Waals surface area contributed by atoms with Gasteiger partial charge in [-0.1, -0.05) is 0 Å². The topological polar surface area (TPSA) is 99.9 Å². The standard InChI is InChI=1S/C15H20N2O5/c1-10(16-14(20)12-3-2-8-22-12)15(21)17-6-4-11(5-7-17)9-13(18)19/h2-3,8,10-11H,4-7,9H2,1H3,(H,16,20)(H,18,19). The summed E-state index contributed by atoms with van der Waals surface area (Å²) >= 11 is 0. The third kappa shape index (κ3) is 4.09. The smallest absolute Gasteiger partial charge is 0.303 e. The van der Waals surface area contributed by atoms with Crippen molar-refractivity contribution in [3.63, 3.8) is 0 Å². The lowest BCUT2D eigenvalue weighted by molar-refractivity contribution is -0.139. The van der Waals surface area contributed by atoms with Gasteiger partial charge in [0, 0.05) is 19.5 Å². The zero-order valence-corrected chi connectivity index (χ0v) is 12.4. The maximum atomic E-state index is 12.3. The summed E-state index contributed by atoms with van der Waals surface area (Å²) in [5.41, 5.74) is 0. The van der Waals surface area contributed by atoms with Crippen LogP contribution < -0.4 is 5.32 Å². The third-order valence-electron chi connectivity index (χ3n) is 3.85. The Morgan fingerprint density at radius 1 is 1.41 bits per heavy atom. The number of carbonyl (C=O) groups is 3. The van der Waals surface area contributed by atoms with Crippen molar-refractivity contribution in [1.29, 1.82) is 0 Å². The van der Waals surface area contributed by atoms with Crippen LogP contribution in [0.2, 0.25) is 0 Å². The van der Waals surface area contributed by atoms with E-state index in [1.54, 1.807) is 17.9 Å². The lowest BCUT2D eigenvalue weighted by atomic mass is 9.93. The summed E-state index contributed by atoms with van der Waals surface area (Å²) in [7, 11) is 0. The van der Waals surface area contributed by atoms with E-state index in [0.29, 0.717) is 25.9 Å². The molecule has 1 aliphatic rings. The Hall–Kier alpha value is -2.31. The van der Waals surface area contributed by atoms with Crippen LogP contribution in [0, 0.1) is 5.92 Å². The van der Waals surface area contributed by atoms with Gasteiger partial charge in [0.1, 0.15) is 6.04 Å². The predicted octanol–water partition coefficient (Wildman–Crippen LogP) is 1.11. The Morgan fingerprint density at radius 2 is 2.09 bits per heavy atom. The number of nitrogens with zero attached hydrogens (tertiary/aromatic N) is 1. The molecule has 22 heavy (non-hydrogen) atoms. The van der Waals surface area contributed by atoms with Crippen LogP contribution in [0.15, 0.2) is 22.8 Å². The molecule has 0 bridgehead atoms. The highest BCUT2D eigenvalue weighted by atomic mass is 16.4. The zero-order valence-electron chi connectivity index (χ0n) is 12.4. The quantitative estimate of drug-likeness (QED) is 0.849. The number of aliphatic carboxylic acids is 1. The Balaban J connectivity index is 1.82. The Labute approximate surface area is 128 Å². The lowest BCUT2D eigenvalue weighted by Crippen LogP contribution is -2.49. The molecule has 1 atom stereocenters. The highest BCUT2D eigenvalue weighted by Crippen LogP contribution is 2.20. The predicted molar refractivity (Wildman–Crippen MR) is 77.2 cm³/mol. The molecule has 0 radical (unpaired) electrons. The maximum Gasteiger partial charge on any atom is 0.303 e. The summed E-state index contributed by atoms with van der Waals surface area (Å²) in [6.07, 6.45) is 2.90. The number of nitrogens with one attached hydrogen (secondary N) is 1. The third-order valence-corrected chi connectivity index (χ3v) is 3.85. The molecule has 2 N–H and O–H groups in total. The van der Waals surface area contributed by atoms with Crippen LogP contribution in [0.3, 0.4) is 0 Å². The largest absolute Gasteiger partial charge is 0.481 e. The Bertz CT molecular complexity index is 532. The average Bonchev–Trinajstić information content (AvgIpc) is 3.01. The maximum absolute atomic E-state index is 12.3. The van der Waals surface area contributed by atoms with Crippen LogP contribution in [0.5, 0.6) is 0 Å². The number of hydrogen-bond donors (Lipinski definition) is 2. The second kappa shape index (κ2) is 7.11. The van der Waals surface area contributed by atoms with E-state index < -0.39 is 17.9 Å². The first-order valence-corrected chi connectivity index (χ1v) is 7.32. The number of rotatable bonds is 5. The SMILES string of the molecule is CC(NC(=O)c1ccco1)C(=O)N1CCC(CC(=O)O)CC1. The number of likely N-dealkylation sites (tertiary alicyclic amines) is 1. The first-order chi connectivity index (χ1) is 10.5. The first-order valence-electron chi connectivity index (χ1n) is 7.32. The minimum absolute atomic E-state index is 0.120. The van der Waals surface area contributed by atoms with E-state index in [1.165, 1.54) is 12.3 Å². The van der Waals surface area contributed by atoms with E-state index in [0.717, 1.165) is 0 Å². The molecule has 1 fully saturated rings. The molecule has 1 unspecified atom stereocenters. The van der Waals surface area contributed by atoms with Crippen molar-refractivity contribution in [2.75, 3.05) is 13.1 Å². The number of carboxylic acids is 1. The van der Waals surface area contributed by atoms with Crippen molar-refractivity contribution in [3.8, 4) is 0 Å². The van der Waals surface area contributed by atoms with Crippen molar-refractivity contribution < 1.29 is 23.9 Å². The minimum Gasteiger partial charge on any atom is -0.481 e. The highest BCUT2D eigenvalue weighted by molar-refractivity contribution is 5.95. The number of hydrogen-bond acceptors (Lipinski definition) is 4. The van der Waals surface area contributed by atoms with E-state index in [1.807, 2.05) is 0 Å². The molecule has 1 aromatic rings. The normalized spacial score (nSPS) is 17.0. The summed E-state index contributed by atoms with van der Waals surface area (Å²) in [6.45, 7) is 2.68. The van der Waals surface area contributed by atoms with E-state index in [4.69, 9.17) is 9.52 Å². The molecule has 0 aromatic carbocycles. The van der Waals surface area contributed by atoms with Gasteiger partial charge in [0.05, 0.1) is 6.26 Å². The summed E-state index contributed by atoms with van der Waals surface area (Å²) in [5.74, 6) is -1.10. The van der Waals surface area contributed by atoms with E-state index in [-0.39, 0.29) is 24.0 Å².